The molecule has 0 atom stereocenters. The summed E-state index contributed by atoms with van der Waals surface area (Å²) in [7, 11) is 0. The van der Waals surface area contributed by atoms with Gasteiger partial charge in [0.05, 0.1) is 16.3 Å². The van der Waals surface area contributed by atoms with E-state index in [-0.39, 0.29) is 16.3 Å². The molecule has 2 aromatic rings. The lowest BCUT2D eigenvalue weighted by molar-refractivity contribution is 0.102. The van der Waals surface area contributed by atoms with Gasteiger partial charge in [0.2, 0.25) is 0 Å². The average molecular weight is 347 g/mol. The van der Waals surface area contributed by atoms with Crippen molar-refractivity contribution in [3.63, 3.8) is 0 Å². The predicted octanol–water partition coefficient (Wildman–Crippen LogP) is 3.45. The molecule has 0 radical (unpaired) electrons. The van der Waals surface area contributed by atoms with E-state index >= 15 is 0 Å². The smallest absolute Gasteiger partial charge is 0.335 e. The molecule has 0 aliphatic carbocycles. The van der Waals surface area contributed by atoms with E-state index in [9.17, 15) is 14.0 Å². The van der Waals surface area contributed by atoms with Gasteiger partial charge in [-0.1, -0.05) is 11.6 Å². The first kappa shape index (κ1) is 13.8. The fourth-order valence-electron chi connectivity index (χ4n) is 1.33. The van der Waals surface area contributed by atoms with Crippen LogP contribution in [0.1, 0.15) is 10.4 Å². The highest BCUT2D eigenvalue weighted by molar-refractivity contribution is 9.10. The molecule has 0 saturated carbocycles. The zero-order valence-electron chi connectivity index (χ0n) is 9.25. The van der Waals surface area contributed by atoms with Crippen molar-refractivity contribution in [3.05, 3.63) is 61.8 Å². The van der Waals surface area contributed by atoms with E-state index in [1.165, 1.54) is 12.1 Å². The van der Waals surface area contributed by atoms with E-state index in [1.807, 2.05) is 0 Å². The van der Waals surface area contributed by atoms with Gasteiger partial charge < -0.3 is 9.73 Å². The Morgan fingerprint density at radius 3 is 2.68 bits per heavy atom. The molecule has 0 spiro atoms. The molecule has 19 heavy (non-hydrogen) atoms. The van der Waals surface area contributed by atoms with Crippen molar-refractivity contribution < 1.29 is 13.6 Å². The molecule has 7 heteroatoms. The standard InChI is InChI=1S/C12H6BrClFNO3/c13-8-3-7(15)4-9(14)11(8)16-12(18)6-1-2-10(17)19-5-6/h1-5H,(H,16,18). The van der Waals surface area contributed by atoms with Crippen molar-refractivity contribution in [1.82, 2.24) is 0 Å². The molecule has 2 rings (SSSR count). The Labute approximate surface area is 120 Å². The molecular weight excluding hydrogens is 340 g/mol. The molecule has 1 N–H and O–H groups in total. The first-order valence-electron chi connectivity index (χ1n) is 5.02. The third-order valence-electron chi connectivity index (χ3n) is 2.21. The van der Waals surface area contributed by atoms with Crippen molar-refractivity contribution in [2.45, 2.75) is 0 Å². The monoisotopic (exact) mass is 345 g/mol. The number of rotatable bonds is 2. The lowest BCUT2D eigenvalue weighted by Crippen LogP contribution is -2.13. The largest absolute Gasteiger partial charge is 0.430 e. The van der Waals surface area contributed by atoms with Crippen LogP contribution in [0.2, 0.25) is 5.02 Å². The fraction of sp³-hybridized carbons (Fsp3) is 0. The molecule has 4 nitrogen and oxygen atoms in total. The second kappa shape index (κ2) is 5.54. The summed E-state index contributed by atoms with van der Waals surface area (Å²) in [5.74, 6) is -1.06. The summed E-state index contributed by atoms with van der Waals surface area (Å²) in [6, 6.07) is 4.68. The van der Waals surface area contributed by atoms with E-state index in [0.29, 0.717) is 4.47 Å². The van der Waals surface area contributed by atoms with Gasteiger partial charge in [-0.2, -0.15) is 0 Å². The van der Waals surface area contributed by atoms with Gasteiger partial charge in [-0.25, -0.2) is 9.18 Å². The van der Waals surface area contributed by atoms with Gasteiger partial charge in [-0.05, 0) is 34.1 Å². The maximum atomic E-state index is 13.0. The minimum absolute atomic E-state index is 0.0533. The topological polar surface area (TPSA) is 59.3 Å². The molecule has 0 saturated heterocycles. The average Bonchev–Trinajstić information content (AvgIpc) is 2.34. The van der Waals surface area contributed by atoms with E-state index in [1.54, 1.807) is 0 Å². The molecule has 1 aromatic carbocycles. The van der Waals surface area contributed by atoms with Gasteiger partial charge in [-0.15, -0.1) is 0 Å². The van der Waals surface area contributed by atoms with Crippen LogP contribution in [0.4, 0.5) is 10.1 Å². The zero-order chi connectivity index (χ0) is 14.0. The summed E-state index contributed by atoms with van der Waals surface area (Å²) in [6.07, 6.45) is 1.03. The Morgan fingerprint density at radius 1 is 1.37 bits per heavy atom. The van der Waals surface area contributed by atoms with Crippen LogP contribution >= 0.6 is 27.5 Å². The quantitative estimate of drug-likeness (QED) is 0.906. The summed E-state index contributed by atoms with van der Waals surface area (Å²) in [5.41, 5.74) is -0.177. The van der Waals surface area contributed by atoms with Crippen molar-refractivity contribution >= 4 is 39.1 Å². The SMILES string of the molecule is O=C(Nc1c(Cl)cc(F)cc1Br)c1ccc(=O)oc1. The Kier molecular flexibility index (Phi) is 4.01. The second-order valence-corrected chi connectivity index (χ2v) is 4.80. The molecule has 0 aliphatic heterocycles. The molecule has 0 bridgehead atoms. The maximum Gasteiger partial charge on any atom is 0.335 e. The van der Waals surface area contributed by atoms with Crippen molar-refractivity contribution in [2.75, 3.05) is 5.32 Å². The highest BCUT2D eigenvalue weighted by atomic mass is 79.9. The maximum absolute atomic E-state index is 13.0. The summed E-state index contributed by atoms with van der Waals surface area (Å²) < 4.78 is 17.9. The molecule has 0 fully saturated rings. The number of hydrogen-bond acceptors (Lipinski definition) is 3. The molecule has 1 heterocycles. The van der Waals surface area contributed by atoms with Gasteiger partial charge in [-0.3, -0.25) is 4.79 Å². The summed E-state index contributed by atoms with van der Waals surface area (Å²) in [6.45, 7) is 0. The predicted molar refractivity (Wildman–Crippen MR) is 72.0 cm³/mol. The third-order valence-corrected chi connectivity index (χ3v) is 3.13. The van der Waals surface area contributed by atoms with Crippen molar-refractivity contribution in [2.24, 2.45) is 0 Å². The Balaban J connectivity index is 2.29. The molecule has 1 aromatic heterocycles. The fourth-order valence-corrected chi connectivity index (χ4v) is 2.23. The number of hydrogen-bond donors (Lipinski definition) is 1. The Bertz CT molecular complexity index is 658. The second-order valence-electron chi connectivity index (χ2n) is 3.54. The van der Waals surface area contributed by atoms with Crippen molar-refractivity contribution in [3.8, 4) is 0 Å². The van der Waals surface area contributed by atoms with Crippen LogP contribution in [0, 0.1) is 5.82 Å². The number of amides is 1. The van der Waals surface area contributed by atoms with Crippen LogP contribution < -0.4 is 10.9 Å². The number of carbonyl (C=O) groups excluding carboxylic acids is 1. The van der Waals surface area contributed by atoms with Crippen LogP contribution in [0.5, 0.6) is 0 Å². The molecule has 98 valence electrons. The highest BCUT2D eigenvalue weighted by Crippen LogP contribution is 2.31. The van der Waals surface area contributed by atoms with Gasteiger partial charge in [0.15, 0.2) is 0 Å². The van der Waals surface area contributed by atoms with Gasteiger partial charge >= 0.3 is 5.63 Å². The summed E-state index contributed by atoms with van der Waals surface area (Å²) >= 11 is 8.93. The number of anilines is 1. The number of nitrogens with one attached hydrogen (secondary N) is 1. The van der Waals surface area contributed by atoms with Crippen molar-refractivity contribution in [1.29, 1.82) is 0 Å². The lowest BCUT2D eigenvalue weighted by atomic mass is 10.2. The number of halogens is 3. The molecule has 0 aliphatic rings. The normalized spacial score (nSPS) is 10.3. The summed E-state index contributed by atoms with van der Waals surface area (Å²) in [4.78, 5) is 22.6. The zero-order valence-corrected chi connectivity index (χ0v) is 11.6. The van der Waals surface area contributed by atoms with E-state index in [0.717, 1.165) is 18.4 Å². The van der Waals surface area contributed by atoms with Crippen LogP contribution in [0.3, 0.4) is 0 Å². The van der Waals surface area contributed by atoms with Gasteiger partial charge in [0.25, 0.3) is 5.91 Å². The number of benzene rings is 1. The summed E-state index contributed by atoms with van der Waals surface area (Å²) in [5, 5.41) is 2.55. The van der Waals surface area contributed by atoms with Crippen LogP contribution in [0.25, 0.3) is 0 Å². The van der Waals surface area contributed by atoms with E-state index in [2.05, 4.69) is 25.7 Å². The van der Waals surface area contributed by atoms with E-state index < -0.39 is 17.3 Å². The van der Waals surface area contributed by atoms with Crippen LogP contribution in [-0.2, 0) is 0 Å². The Hall–Kier alpha value is -1.66. The van der Waals surface area contributed by atoms with E-state index in [4.69, 9.17) is 11.6 Å². The first-order chi connectivity index (χ1) is 8.97. The van der Waals surface area contributed by atoms with Gasteiger partial charge in [0, 0.05) is 10.5 Å². The minimum Gasteiger partial charge on any atom is -0.430 e. The van der Waals surface area contributed by atoms with Gasteiger partial charge in [0.1, 0.15) is 12.1 Å². The minimum atomic E-state index is -0.558. The Morgan fingerprint density at radius 2 is 2.11 bits per heavy atom. The third kappa shape index (κ3) is 3.21. The number of carbonyl (C=O) groups is 1. The first-order valence-corrected chi connectivity index (χ1v) is 6.19. The molecule has 0 unspecified atom stereocenters. The van der Waals surface area contributed by atoms with Crippen LogP contribution in [-0.4, -0.2) is 5.91 Å². The molecule has 1 amide bonds. The van der Waals surface area contributed by atoms with Crippen LogP contribution in [0.15, 0.2) is 44.2 Å². The highest BCUT2D eigenvalue weighted by Gasteiger charge is 2.13. The lowest BCUT2D eigenvalue weighted by Gasteiger charge is -2.09. The molecular formula is C12H6BrClFNO3.